The largest absolute Gasteiger partial charge is 0.348 e. The standard InChI is InChI=1S/C9H15IO2/c1-8(2)11-6-7(12-8)5-9(10)3-4-9/h7H,3-6H2,1-2H3/t7-/m1/s1. The van der Waals surface area contributed by atoms with Gasteiger partial charge in [-0.15, -0.1) is 0 Å². The van der Waals surface area contributed by atoms with E-state index in [0.717, 1.165) is 13.0 Å². The Kier molecular flexibility index (Phi) is 2.16. The zero-order valence-electron chi connectivity index (χ0n) is 7.60. The van der Waals surface area contributed by atoms with Gasteiger partial charge in [-0.05, 0) is 33.1 Å². The third kappa shape index (κ3) is 2.12. The number of alkyl halides is 1. The molecule has 1 aliphatic carbocycles. The summed E-state index contributed by atoms with van der Waals surface area (Å²) in [6.07, 6.45) is 4.21. The predicted octanol–water partition coefficient (Wildman–Crippen LogP) is 2.50. The minimum absolute atomic E-state index is 0.333. The highest BCUT2D eigenvalue weighted by molar-refractivity contribution is 14.1. The van der Waals surface area contributed by atoms with Gasteiger partial charge in [-0.25, -0.2) is 0 Å². The Morgan fingerprint density at radius 1 is 1.42 bits per heavy atom. The van der Waals surface area contributed by atoms with Gasteiger partial charge in [-0.2, -0.15) is 0 Å². The van der Waals surface area contributed by atoms with Gasteiger partial charge in [0.2, 0.25) is 0 Å². The van der Waals surface area contributed by atoms with Crippen LogP contribution in [0.2, 0.25) is 0 Å². The van der Waals surface area contributed by atoms with Crippen LogP contribution in [-0.4, -0.2) is 21.9 Å². The molecule has 1 saturated heterocycles. The lowest BCUT2D eigenvalue weighted by Gasteiger charge is -2.18. The monoisotopic (exact) mass is 282 g/mol. The molecule has 2 fully saturated rings. The average molecular weight is 282 g/mol. The Labute approximate surface area is 87.1 Å². The lowest BCUT2D eigenvalue weighted by atomic mass is 10.2. The minimum atomic E-state index is -0.341. The quantitative estimate of drug-likeness (QED) is 0.572. The molecule has 2 aliphatic rings. The van der Waals surface area contributed by atoms with Crippen molar-refractivity contribution in [2.24, 2.45) is 0 Å². The second-order valence-electron chi connectivity index (χ2n) is 4.31. The molecule has 0 spiro atoms. The van der Waals surface area contributed by atoms with Crippen molar-refractivity contribution < 1.29 is 9.47 Å². The van der Waals surface area contributed by atoms with Crippen molar-refractivity contribution in [3.63, 3.8) is 0 Å². The van der Waals surface area contributed by atoms with E-state index in [2.05, 4.69) is 22.6 Å². The van der Waals surface area contributed by atoms with E-state index in [9.17, 15) is 0 Å². The van der Waals surface area contributed by atoms with E-state index in [1.165, 1.54) is 12.8 Å². The fourth-order valence-electron chi connectivity index (χ4n) is 1.61. The van der Waals surface area contributed by atoms with E-state index in [1.807, 2.05) is 13.8 Å². The normalized spacial score (nSPS) is 36.8. The van der Waals surface area contributed by atoms with Crippen LogP contribution in [0.4, 0.5) is 0 Å². The first-order valence-electron chi connectivity index (χ1n) is 4.50. The van der Waals surface area contributed by atoms with E-state index in [0.29, 0.717) is 9.53 Å². The number of halogens is 1. The van der Waals surface area contributed by atoms with Crippen molar-refractivity contribution in [2.45, 2.75) is 48.4 Å². The highest BCUT2D eigenvalue weighted by Gasteiger charge is 2.45. The Morgan fingerprint density at radius 2 is 2.08 bits per heavy atom. The molecule has 0 bridgehead atoms. The second kappa shape index (κ2) is 2.82. The van der Waals surface area contributed by atoms with Gasteiger partial charge in [0.05, 0.1) is 12.7 Å². The molecule has 1 atom stereocenters. The average Bonchev–Trinajstić information content (AvgIpc) is 2.53. The fourth-order valence-corrected chi connectivity index (χ4v) is 2.37. The molecule has 0 aromatic rings. The van der Waals surface area contributed by atoms with Crippen LogP contribution in [0.3, 0.4) is 0 Å². The summed E-state index contributed by atoms with van der Waals surface area (Å²) >= 11 is 2.55. The maximum Gasteiger partial charge on any atom is 0.163 e. The van der Waals surface area contributed by atoms with Gasteiger partial charge in [-0.3, -0.25) is 0 Å². The summed E-state index contributed by atoms with van der Waals surface area (Å²) in [5.74, 6) is -0.341. The molecular formula is C9H15IO2. The molecule has 0 aromatic carbocycles. The van der Waals surface area contributed by atoms with Gasteiger partial charge >= 0.3 is 0 Å². The van der Waals surface area contributed by atoms with Gasteiger partial charge in [0.15, 0.2) is 5.79 Å². The van der Waals surface area contributed by atoms with Crippen molar-refractivity contribution in [3.05, 3.63) is 0 Å². The highest BCUT2D eigenvalue weighted by atomic mass is 127. The van der Waals surface area contributed by atoms with Crippen molar-refractivity contribution >= 4 is 22.6 Å². The summed E-state index contributed by atoms with van der Waals surface area (Å²) in [6, 6.07) is 0. The minimum Gasteiger partial charge on any atom is -0.348 e. The van der Waals surface area contributed by atoms with Crippen LogP contribution in [0.5, 0.6) is 0 Å². The molecule has 2 rings (SSSR count). The Hall–Kier alpha value is 0.650. The zero-order chi connectivity index (χ0) is 8.82. The van der Waals surface area contributed by atoms with E-state index >= 15 is 0 Å². The van der Waals surface area contributed by atoms with Crippen molar-refractivity contribution in [1.29, 1.82) is 0 Å². The molecule has 0 radical (unpaired) electrons. The SMILES string of the molecule is CC1(C)OC[C@@H](CC2(I)CC2)O1. The summed E-state index contributed by atoms with van der Waals surface area (Å²) in [5.41, 5.74) is 0. The molecule has 3 heteroatoms. The van der Waals surface area contributed by atoms with Crippen LogP contribution in [-0.2, 0) is 9.47 Å². The van der Waals surface area contributed by atoms with E-state index in [-0.39, 0.29) is 5.79 Å². The van der Waals surface area contributed by atoms with Crippen LogP contribution < -0.4 is 0 Å². The van der Waals surface area contributed by atoms with E-state index in [1.54, 1.807) is 0 Å². The molecule has 0 unspecified atom stereocenters. The van der Waals surface area contributed by atoms with Crippen molar-refractivity contribution in [3.8, 4) is 0 Å². The Bertz CT molecular complexity index is 187. The molecule has 1 heterocycles. The molecule has 2 nitrogen and oxygen atoms in total. The summed E-state index contributed by atoms with van der Waals surface area (Å²) in [7, 11) is 0. The molecule has 0 amide bonds. The van der Waals surface area contributed by atoms with Crippen LogP contribution in [0, 0.1) is 0 Å². The molecule has 0 aromatic heterocycles. The fraction of sp³-hybridized carbons (Fsp3) is 1.00. The smallest absolute Gasteiger partial charge is 0.163 e. The van der Waals surface area contributed by atoms with Crippen LogP contribution >= 0.6 is 22.6 Å². The number of rotatable bonds is 2. The molecular weight excluding hydrogens is 267 g/mol. The van der Waals surface area contributed by atoms with E-state index < -0.39 is 0 Å². The topological polar surface area (TPSA) is 18.5 Å². The Morgan fingerprint density at radius 3 is 2.50 bits per heavy atom. The van der Waals surface area contributed by atoms with Gasteiger partial charge < -0.3 is 9.47 Å². The van der Waals surface area contributed by atoms with Crippen molar-refractivity contribution in [1.82, 2.24) is 0 Å². The second-order valence-corrected chi connectivity index (χ2v) is 6.59. The Balaban J connectivity index is 1.84. The lowest BCUT2D eigenvalue weighted by molar-refractivity contribution is -0.138. The molecule has 70 valence electrons. The summed E-state index contributed by atoms with van der Waals surface area (Å²) in [5, 5.41) is 0. The number of hydrogen-bond donors (Lipinski definition) is 0. The van der Waals surface area contributed by atoms with Gasteiger partial charge in [0.1, 0.15) is 0 Å². The molecule has 0 N–H and O–H groups in total. The van der Waals surface area contributed by atoms with Crippen LogP contribution in [0.1, 0.15) is 33.1 Å². The summed E-state index contributed by atoms with van der Waals surface area (Å²) < 4.78 is 11.8. The third-order valence-electron chi connectivity index (χ3n) is 2.45. The first-order valence-corrected chi connectivity index (χ1v) is 5.58. The van der Waals surface area contributed by atoms with Gasteiger partial charge in [-0.1, -0.05) is 22.6 Å². The third-order valence-corrected chi connectivity index (χ3v) is 3.97. The van der Waals surface area contributed by atoms with Crippen LogP contribution in [0.25, 0.3) is 0 Å². The zero-order valence-corrected chi connectivity index (χ0v) is 9.76. The van der Waals surface area contributed by atoms with Crippen LogP contribution in [0.15, 0.2) is 0 Å². The molecule has 1 aliphatic heterocycles. The lowest BCUT2D eigenvalue weighted by Crippen LogP contribution is -2.23. The maximum atomic E-state index is 5.74. The maximum absolute atomic E-state index is 5.74. The molecule has 12 heavy (non-hydrogen) atoms. The summed E-state index contributed by atoms with van der Waals surface area (Å²) in [6.45, 7) is 4.75. The van der Waals surface area contributed by atoms with Gasteiger partial charge in [0, 0.05) is 3.42 Å². The first kappa shape index (κ1) is 9.21. The summed E-state index contributed by atoms with van der Waals surface area (Å²) in [4.78, 5) is 0. The number of ether oxygens (including phenoxy) is 2. The number of hydrogen-bond acceptors (Lipinski definition) is 2. The molecule has 1 saturated carbocycles. The highest BCUT2D eigenvalue weighted by Crippen LogP contribution is 2.50. The van der Waals surface area contributed by atoms with Crippen molar-refractivity contribution in [2.75, 3.05) is 6.61 Å². The van der Waals surface area contributed by atoms with Gasteiger partial charge in [0.25, 0.3) is 0 Å². The first-order chi connectivity index (χ1) is 5.49. The predicted molar refractivity (Wildman–Crippen MR) is 55.5 cm³/mol. The van der Waals surface area contributed by atoms with E-state index in [4.69, 9.17) is 9.47 Å².